The molecule has 0 heterocycles. The standard InChI is InChI=1S/C12H16FN3OS/c1-15-10(17)6-7-16(2)9-5-3-4-8(13)11(9)12(14)18/h3-5H,6-7H2,1-2H3,(H2,14,18)(H,15,17). The van der Waals surface area contributed by atoms with Crippen LogP contribution in [-0.2, 0) is 4.79 Å². The van der Waals surface area contributed by atoms with Crippen molar-refractivity contribution in [3.63, 3.8) is 0 Å². The highest BCUT2D eigenvalue weighted by Crippen LogP contribution is 2.22. The van der Waals surface area contributed by atoms with Crippen LogP contribution in [0.5, 0.6) is 0 Å². The van der Waals surface area contributed by atoms with Crippen molar-refractivity contribution in [3.05, 3.63) is 29.6 Å². The summed E-state index contributed by atoms with van der Waals surface area (Å²) in [6.45, 7) is 0.457. The van der Waals surface area contributed by atoms with Crippen LogP contribution in [0.4, 0.5) is 10.1 Å². The molecule has 0 aliphatic rings. The van der Waals surface area contributed by atoms with Crippen LogP contribution < -0.4 is 16.0 Å². The van der Waals surface area contributed by atoms with E-state index in [-0.39, 0.29) is 16.5 Å². The quantitative estimate of drug-likeness (QED) is 0.784. The SMILES string of the molecule is CNC(=O)CCN(C)c1cccc(F)c1C(N)=S. The topological polar surface area (TPSA) is 58.4 Å². The molecule has 0 aliphatic carbocycles. The fourth-order valence-electron chi connectivity index (χ4n) is 1.59. The number of nitrogens with zero attached hydrogens (tertiary/aromatic N) is 1. The molecule has 18 heavy (non-hydrogen) atoms. The van der Waals surface area contributed by atoms with E-state index >= 15 is 0 Å². The number of benzene rings is 1. The minimum absolute atomic E-state index is 0.00916. The van der Waals surface area contributed by atoms with Gasteiger partial charge in [0.15, 0.2) is 0 Å². The molecule has 0 saturated heterocycles. The van der Waals surface area contributed by atoms with Crippen LogP contribution in [-0.4, -0.2) is 31.5 Å². The first-order chi connectivity index (χ1) is 8.47. The summed E-state index contributed by atoms with van der Waals surface area (Å²) in [5, 5.41) is 2.53. The van der Waals surface area contributed by atoms with Gasteiger partial charge in [-0.25, -0.2) is 4.39 Å². The van der Waals surface area contributed by atoms with Crippen molar-refractivity contribution in [1.82, 2.24) is 5.32 Å². The normalized spacial score (nSPS) is 9.94. The lowest BCUT2D eigenvalue weighted by Crippen LogP contribution is -2.28. The number of anilines is 1. The van der Waals surface area contributed by atoms with Gasteiger partial charge in [-0.2, -0.15) is 0 Å². The van der Waals surface area contributed by atoms with Crippen molar-refractivity contribution in [2.45, 2.75) is 6.42 Å². The van der Waals surface area contributed by atoms with Gasteiger partial charge < -0.3 is 16.0 Å². The Kier molecular flexibility index (Phi) is 5.03. The highest BCUT2D eigenvalue weighted by Gasteiger charge is 2.14. The Morgan fingerprint density at radius 3 is 2.78 bits per heavy atom. The molecule has 0 spiro atoms. The summed E-state index contributed by atoms with van der Waals surface area (Å²) in [4.78, 5) is 12.9. The van der Waals surface area contributed by atoms with Gasteiger partial charge in [-0.1, -0.05) is 18.3 Å². The third kappa shape index (κ3) is 3.40. The first-order valence-electron chi connectivity index (χ1n) is 5.47. The largest absolute Gasteiger partial charge is 0.389 e. The number of carbonyl (C=O) groups is 1. The van der Waals surface area contributed by atoms with Crippen LogP contribution >= 0.6 is 12.2 Å². The van der Waals surface area contributed by atoms with Crippen LogP contribution in [0, 0.1) is 5.82 Å². The molecule has 1 aromatic carbocycles. The Morgan fingerprint density at radius 2 is 2.22 bits per heavy atom. The van der Waals surface area contributed by atoms with Gasteiger partial charge in [0.2, 0.25) is 5.91 Å². The molecular formula is C12H16FN3OS. The zero-order chi connectivity index (χ0) is 13.7. The van der Waals surface area contributed by atoms with Gasteiger partial charge in [-0.15, -0.1) is 0 Å². The predicted molar refractivity (Wildman–Crippen MR) is 74.2 cm³/mol. The molecule has 3 N–H and O–H groups in total. The molecule has 1 aromatic rings. The second-order valence-electron chi connectivity index (χ2n) is 3.84. The number of amides is 1. The fourth-order valence-corrected chi connectivity index (χ4v) is 1.79. The summed E-state index contributed by atoms with van der Waals surface area (Å²) in [6, 6.07) is 4.62. The predicted octanol–water partition coefficient (Wildman–Crippen LogP) is 1.03. The lowest BCUT2D eigenvalue weighted by atomic mass is 10.1. The molecule has 0 unspecified atom stereocenters. The summed E-state index contributed by atoms with van der Waals surface area (Å²) in [5.74, 6) is -0.526. The van der Waals surface area contributed by atoms with Crippen LogP contribution in [0.3, 0.4) is 0 Å². The number of hydrogen-bond donors (Lipinski definition) is 2. The molecule has 6 heteroatoms. The van der Waals surface area contributed by atoms with E-state index in [9.17, 15) is 9.18 Å². The molecule has 1 rings (SSSR count). The van der Waals surface area contributed by atoms with Gasteiger partial charge in [0.25, 0.3) is 0 Å². The summed E-state index contributed by atoms with van der Waals surface area (Å²) < 4.78 is 13.7. The van der Waals surface area contributed by atoms with Gasteiger partial charge in [-0.3, -0.25) is 4.79 Å². The first-order valence-corrected chi connectivity index (χ1v) is 5.88. The van der Waals surface area contributed by atoms with Crippen molar-refractivity contribution in [3.8, 4) is 0 Å². The molecule has 98 valence electrons. The second-order valence-corrected chi connectivity index (χ2v) is 4.28. The molecule has 0 aliphatic heterocycles. The molecule has 0 radical (unpaired) electrons. The number of nitrogens with two attached hydrogens (primary N) is 1. The van der Waals surface area contributed by atoms with Crippen molar-refractivity contribution in [1.29, 1.82) is 0 Å². The van der Waals surface area contributed by atoms with E-state index in [4.69, 9.17) is 18.0 Å². The second kappa shape index (κ2) is 6.30. The number of nitrogens with one attached hydrogen (secondary N) is 1. The summed E-state index contributed by atoms with van der Waals surface area (Å²) >= 11 is 4.85. The van der Waals surface area contributed by atoms with E-state index in [1.54, 1.807) is 31.1 Å². The maximum absolute atomic E-state index is 13.7. The van der Waals surface area contributed by atoms with Crippen molar-refractivity contribution in [2.24, 2.45) is 5.73 Å². The van der Waals surface area contributed by atoms with Crippen LogP contribution in [0.15, 0.2) is 18.2 Å². The summed E-state index contributed by atoms with van der Waals surface area (Å²) in [7, 11) is 3.34. The van der Waals surface area contributed by atoms with E-state index in [2.05, 4.69) is 5.32 Å². The molecule has 0 atom stereocenters. The molecule has 1 amide bonds. The number of rotatable bonds is 5. The lowest BCUT2D eigenvalue weighted by Gasteiger charge is -2.22. The molecule has 0 fully saturated rings. The zero-order valence-electron chi connectivity index (χ0n) is 10.4. The Hall–Kier alpha value is -1.69. The van der Waals surface area contributed by atoms with Gasteiger partial charge >= 0.3 is 0 Å². The van der Waals surface area contributed by atoms with Crippen LogP contribution in [0.25, 0.3) is 0 Å². The third-order valence-corrected chi connectivity index (χ3v) is 2.81. The van der Waals surface area contributed by atoms with Crippen molar-refractivity contribution >= 4 is 28.8 Å². The van der Waals surface area contributed by atoms with Crippen LogP contribution in [0.1, 0.15) is 12.0 Å². The Bertz CT molecular complexity index is 465. The highest BCUT2D eigenvalue weighted by atomic mass is 32.1. The molecule has 0 bridgehead atoms. The third-order valence-electron chi connectivity index (χ3n) is 2.60. The molecule has 4 nitrogen and oxygen atoms in total. The Labute approximate surface area is 111 Å². The van der Waals surface area contributed by atoms with E-state index in [0.717, 1.165) is 0 Å². The maximum Gasteiger partial charge on any atom is 0.221 e. The van der Waals surface area contributed by atoms with E-state index < -0.39 is 5.82 Å². The average molecular weight is 269 g/mol. The smallest absolute Gasteiger partial charge is 0.221 e. The average Bonchev–Trinajstić information content (AvgIpc) is 2.34. The number of thiocarbonyl (C=S) groups is 1. The Balaban J connectivity index is 2.92. The van der Waals surface area contributed by atoms with Gasteiger partial charge in [0.05, 0.1) is 5.56 Å². The summed E-state index contributed by atoms with van der Waals surface area (Å²) in [5.41, 5.74) is 6.32. The number of carbonyl (C=O) groups excluding carboxylic acids is 1. The van der Waals surface area contributed by atoms with Crippen LogP contribution in [0.2, 0.25) is 0 Å². The molecule has 0 saturated carbocycles. The lowest BCUT2D eigenvalue weighted by molar-refractivity contribution is -0.120. The van der Waals surface area contributed by atoms with E-state index in [1.807, 2.05) is 0 Å². The fraction of sp³-hybridized carbons (Fsp3) is 0.333. The van der Waals surface area contributed by atoms with Gasteiger partial charge in [-0.05, 0) is 12.1 Å². The van der Waals surface area contributed by atoms with Gasteiger partial charge in [0.1, 0.15) is 10.8 Å². The van der Waals surface area contributed by atoms with E-state index in [1.165, 1.54) is 6.07 Å². The first kappa shape index (κ1) is 14.4. The molecule has 0 aromatic heterocycles. The molecular weight excluding hydrogens is 253 g/mol. The number of hydrogen-bond acceptors (Lipinski definition) is 3. The Morgan fingerprint density at radius 1 is 1.56 bits per heavy atom. The minimum Gasteiger partial charge on any atom is -0.389 e. The number of halogens is 1. The maximum atomic E-state index is 13.7. The van der Waals surface area contributed by atoms with Gasteiger partial charge in [0, 0.05) is 32.7 Å². The highest BCUT2D eigenvalue weighted by molar-refractivity contribution is 7.80. The minimum atomic E-state index is -0.452. The van der Waals surface area contributed by atoms with E-state index in [0.29, 0.717) is 18.7 Å². The zero-order valence-corrected chi connectivity index (χ0v) is 11.2. The monoisotopic (exact) mass is 269 g/mol. The van der Waals surface area contributed by atoms with Crippen molar-refractivity contribution < 1.29 is 9.18 Å². The van der Waals surface area contributed by atoms with Crippen molar-refractivity contribution in [2.75, 3.05) is 25.5 Å². The summed E-state index contributed by atoms with van der Waals surface area (Å²) in [6.07, 6.45) is 0.320.